The second-order valence-electron chi connectivity index (χ2n) is 9.00. The lowest BCUT2D eigenvalue weighted by Gasteiger charge is -2.42. The quantitative estimate of drug-likeness (QED) is 0.681. The molecule has 2 saturated heterocycles. The van der Waals surface area contributed by atoms with Crippen LogP contribution in [-0.2, 0) is 4.74 Å². The van der Waals surface area contributed by atoms with E-state index < -0.39 is 11.2 Å². The van der Waals surface area contributed by atoms with E-state index in [1.54, 1.807) is 7.11 Å². The third-order valence-electron chi connectivity index (χ3n) is 6.34. The highest BCUT2D eigenvalue weighted by atomic mass is 16.5. The maximum atomic E-state index is 11.3. The van der Waals surface area contributed by atoms with Gasteiger partial charge in [0.05, 0.1) is 25.9 Å². The summed E-state index contributed by atoms with van der Waals surface area (Å²) in [5.41, 5.74) is -0.760. The van der Waals surface area contributed by atoms with Crippen molar-refractivity contribution in [2.75, 3.05) is 64.6 Å². The third-order valence-corrected chi connectivity index (χ3v) is 6.34. The molecule has 0 aliphatic carbocycles. The predicted octanol–water partition coefficient (Wildman–Crippen LogP) is 2.17. The fraction of sp³-hybridized carbons (Fsp3) is 0.520. The van der Waals surface area contributed by atoms with Crippen molar-refractivity contribution >= 4 is 5.69 Å². The number of anilines is 1. The Labute approximate surface area is 190 Å². The van der Waals surface area contributed by atoms with Gasteiger partial charge in [0, 0.05) is 38.4 Å². The van der Waals surface area contributed by atoms with Crippen LogP contribution in [-0.4, -0.2) is 86.0 Å². The minimum absolute atomic E-state index is 0.150. The summed E-state index contributed by atoms with van der Waals surface area (Å²) >= 11 is 0. The van der Waals surface area contributed by atoms with Crippen molar-refractivity contribution in [3.63, 3.8) is 0 Å². The molecule has 2 aromatic carbocycles. The Morgan fingerprint density at radius 1 is 0.906 bits per heavy atom. The molecule has 2 heterocycles. The topological polar surface area (TPSA) is 74.6 Å². The van der Waals surface area contributed by atoms with E-state index in [1.165, 1.54) is 0 Å². The van der Waals surface area contributed by atoms with Gasteiger partial charge in [-0.05, 0) is 49.2 Å². The molecule has 2 aromatic rings. The average Bonchev–Trinajstić information content (AvgIpc) is 3.00. The molecule has 2 N–H and O–H groups in total. The number of β-amino-alcohol motifs (C(OH)–C–C–N with tert-alkyl or cyclic N) is 2. The molecule has 0 radical (unpaired) electrons. The van der Waals surface area contributed by atoms with Gasteiger partial charge < -0.3 is 29.3 Å². The monoisotopic (exact) mass is 442 g/mol. The summed E-state index contributed by atoms with van der Waals surface area (Å²) in [5.74, 6) is 1.57. The van der Waals surface area contributed by atoms with E-state index in [9.17, 15) is 10.2 Å². The van der Waals surface area contributed by atoms with Gasteiger partial charge in [-0.25, -0.2) is 0 Å². The van der Waals surface area contributed by atoms with Crippen molar-refractivity contribution in [2.45, 2.75) is 24.0 Å². The van der Waals surface area contributed by atoms with E-state index >= 15 is 0 Å². The molecule has 1 unspecified atom stereocenters. The summed E-state index contributed by atoms with van der Waals surface area (Å²) in [5, 5.41) is 22.4. The maximum absolute atomic E-state index is 11.3. The van der Waals surface area contributed by atoms with E-state index in [4.69, 9.17) is 14.2 Å². The largest absolute Gasteiger partial charge is 0.497 e. The summed E-state index contributed by atoms with van der Waals surface area (Å²) in [6, 6.07) is 17.5. The number of benzene rings is 2. The molecule has 1 atom stereocenters. The number of ether oxygens (including phenoxy) is 3. The smallest absolute Gasteiger partial charge is 0.134 e. The van der Waals surface area contributed by atoms with E-state index in [1.807, 2.05) is 42.5 Å². The summed E-state index contributed by atoms with van der Waals surface area (Å²) in [6.07, 6.45) is 1.35. The molecule has 2 aliphatic heterocycles. The highest BCUT2D eigenvalue weighted by Gasteiger charge is 2.39. The first kappa shape index (κ1) is 22.9. The highest BCUT2D eigenvalue weighted by molar-refractivity contribution is 5.49. The van der Waals surface area contributed by atoms with Crippen molar-refractivity contribution < 1.29 is 24.4 Å². The summed E-state index contributed by atoms with van der Waals surface area (Å²) < 4.78 is 16.7. The Hall–Kier alpha value is -2.32. The van der Waals surface area contributed by atoms with Crippen molar-refractivity contribution in [3.05, 3.63) is 54.6 Å². The van der Waals surface area contributed by atoms with Crippen LogP contribution in [0.25, 0.3) is 0 Å². The third kappa shape index (κ3) is 5.92. The molecular weight excluding hydrogens is 408 g/mol. The number of hydrogen-bond donors (Lipinski definition) is 2. The molecule has 2 aliphatic rings. The van der Waals surface area contributed by atoms with Gasteiger partial charge in [-0.3, -0.25) is 4.90 Å². The SMILES string of the molecule is COc1ccc(N2CCC(O)(CN3CCOCC(O)(COc4ccccc4)C3)CC2)cc1. The molecule has 32 heavy (non-hydrogen) atoms. The first-order valence-electron chi connectivity index (χ1n) is 11.3. The molecule has 7 heteroatoms. The molecule has 174 valence electrons. The van der Waals surface area contributed by atoms with Gasteiger partial charge in [0.25, 0.3) is 0 Å². The van der Waals surface area contributed by atoms with E-state index in [0.29, 0.717) is 39.1 Å². The van der Waals surface area contributed by atoms with Gasteiger partial charge in [-0.15, -0.1) is 0 Å². The Bertz CT molecular complexity index is 839. The summed E-state index contributed by atoms with van der Waals surface area (Å²) in [4.78, 5) is 4.41. The van der Waals surface area contributed by atoms with Crippen LogP contribution in [0.1, 0.15) is 12.8 Å². The number of rotatable bonds is 7. The fourth-order valence-electron chi connectivity index (χ4n) is 4.50. The summed E-state index contributed by atoms with van der Waals surface area (Å²) in [6.45, 7) is 4.07. The van der Waals surface area contributed by atoms with Crippen molar-refractivity contribution in [1.29, 1.82) is 0 Å². The van der Waals surface area contributed by atoms with Crippen LogP contribution in [0.15, 0.2) is 54.6 Å². The first-order valence-corrected chi connectivity index (χ1v) is 11.3. The minimum Gasteiger partial charge on any atom is -0.497 e. The average molecular weight is 443 g/mol. The second-order valence-corrected chi connectivity index (χ2v) is 9.00. The Balaban J connectivity index is 1.32. The predicted molar refractivity (Wildman–Crippen MR) is 124 cm³/mol. The van der Waals surface area contributed by atoms with Crippen LogP contribution >= 0.6 is 0 Å². The van der Waals surface area contributed by atoms with E-state index in [-0.39, 0.29) is 13.2 Å². The van der Waals surface area contributed by atoms with Gasteiger partial charge in [0.1, 0.15) is 23.7 Å². The van der Waals surface area contributed by atoms with Crippen molar-refractivity contribution in [1.82, 2.24) is 4.90 Å². The lowest BCUT2D eigenvalue weighted by molar-refractivity contribution is -0.0742. The minimum atomic E-state index is -1.12. The van der Waals surface area contributed by atoms with Crippen LogP contribution in [0, 0.1) is 0 Å². The van der Waals surface area contributed by atoms with Crippen LogP contribution in [0.5, 0.6) is 11.5 Å². The van der Waals surface area contributed by atoms with Crippen LogP contribution < -0.4 is 14.4 Å². The summed E-state index contributed by atoms with van der Waals surface area (Å²) in [7, 11) is 1.67. The molecule has 0 bridgehead atoms. The number of hydrogen-bond acceptors (Lipinski definition) is 7. The molecule has 0 amide bonds. The van der Waals surface area contributed by atoms with Gasteiger partial charge in [-0.1, -0.05) is 18.2 Å². The Morgan fingerprint density at radius 2 is 1.62 bits per heavy atom. The Kier molecular flexibility index (Phi) is 7.20. The number of para-hydroxylation sites is 1. The molecule has 4 rings (SSSR count). The standard InChI is InChI=1S/C25H34N2O5/c1-30-22-9-7-21(8-10-22)27-13-11-24(28,12-14-27)17-26-15-16-31-19-25(29,18-26)20-32-23-5-3-2-4-6-23/h2-10,28-29H,11-20H2,1H3. The lowest BCUT2D eigenvalue weighted by Crippen LogP contribution is -2.55. The number of nitrogens with zero attached hydrogens (tertiary/aromatic N) is 2. The normalized spacial score (nSPS) is 24.0. The highest BCUT2D eigenvalue weighted by Crippen LogP contribution is 2.29. The zero-order chi connectivity index (χ0) is 22.4. The van der Waals surface area contributed by atoms with Crippen LogP contribution in [0.2, 0.25) is 0 Å². The molecular formula is C25H34N2O5. The number of aliphatic hydroxyl groups is 2. The zero-order valence-electron chi connectivity index (χ0n) is 18.8. The van der Waals surface area contributed by atoms with Gasteiger partial charge in [-0.2, -0.15) is 0 Å². The molecule has 0 spiro atoms. The van der Waals surface area contributed by atoms with Crippen LogP contribution in [0.4, 0.5) is 5.69 Å². The fourth-order valence-corrected chi connectivity index (χ4v) is 4.50. The van der Waals surface area contributed by atoms with E-state index in [0.717, 1.165) is 30.3 Å². The maximum Gasteiger partial charge on any atom is 0.134 e. The van der Waals surface area contributed by atoms with Gasteiger partial charge in [0.2, 0.25) is 0 Å². The number of piperidine rings is 1. The second kappa shape index (κ2) is 10.1. The molecule has 0 aromatic heterocycles. The zero-order valence-corrected chi connectivity index (χ0v) is 18.8. The van der Waals surface area contributed by atoms with Crippen molar-refractivity contribution in [3.8, 4) is 11.5 Å². The molecule has 2 fully saturated rings. The lowest BCUT2D eigenvalue weighted by atomic mass is 9.90. The number of methoxy groups -OCH3 is 1. The van der Waals surface area contributed by atoms with Crippen molar-refractivity contribution in [2.24, 2.45) is 0 Å². The first-order chi connectivity index (χ1) is 15.5. The van der Waals surface area contributed by atoms with E-state index in [2.05, 4.69) is 21.9 Å². The molecule has 0 saturated carbocycles. The van der Waals surface area contributed by atoms with Crippen LogP contribution in [0.3, 0.4) is 0 Å². The Morgan fingerprint density at radius 3 is 2.31 bits per heavy atom. The molecule has 7 nitrogen and oxygen atoms in total. The van der Waals surface area contributed by atoms with Gasteiger partial charge >= 0.3 is 0 Å². The van der Waals surface area contributed by atoms with Gasteiger partial charge in [0.15, 0.2) is 0 Å².